The Morgan fingerprint density at radius 1 is 1.12 bits per heavy atom. The average molecular weight is 446 g/mol. The van der Waals surface area contributed by atoms with E-state index in [-0.39, 0.29) is 12.4 Å². The Hall–Kier alpha value is -3.20. The van der Waals surface area contributed by atoms with Crippen LogP contribution in [0.5, 0.6) is 5.75 Å². The molecule has 0 saturated heterocycles. The van der Waals surface area contributed by atoms with Gasteiger partial charge in [0, 0.05) is 23.4 Å². The Morgan fingerprint density at radius 3 is 2.53 bits per heavy atom. The molecule has 32 heavy (non-hydrogen) atoms. The number of terminal acetylenes is 1. The summed E-state index contributed by atoms with van der Waals surface area (Å²) in [5.41, 5.74) is 3.96. The number of nitrogens with one attached hydrogen (secondary N) is 1. The molecule has 0 heterocycles. The molecule has 0 aliphatic carbocycles. The van der Waals surface area contributed by atoms with Gasteiger partial charge in [0.2, 0.25) is 0 Å². The number of carbonyl (C=O) groups is 1. The minimum absolute atomic E-state index is 0.0997. The predicted octanol–water partition coefficient (Wildman–Crippen LogP) is 5.40. The van der Waals surface area contributed by atoms with Crippen LogP contribution >= 0.6 is 0 Å². The molecule has 4 nitrogen and oxygen atoms in total. The third-order valence-electron chi connectivity index (χ3n) is 5.11. The van der Waals surface area contributed by atoms with E-state index in [2.05, 4.69) is 25.1 Å². The van der Waals surface area contributed by atoms with Gasteiger partial charge in [0.1, 0.15) is 18.6 Å². The van der Waals surface area contributed by atoms with Crippen LogP contribution in [0.3, 0.4) is 0 Å². The second-order valence-electron chi connectivity index (χ2n) is 7.76. The number of hydrogen-bond donors (Lipinski definition) is 1. The average Bonchev–Trinajstić information content (AvgIpc) is 2.81. The maximum absolute atomic E-state index is 13.4. The summed E-state index contributed by atoms with van der Waals surface area (Å²) in [6, 6.07) is 20.6. The summed E-state index contributed by atoms with van der Waals surface area (Å²) in [5, 5.41) is 3.34. The first-order chi connectivity index (χ1) is 15.4. The lowest BCUT2D eigenvalue weighted by molar-refractivity contribution is 0.103. The minimum Gasteiger partial charge on any atom is -0.612 e. The molecule has 0 spiro atoms. The third-order valence-corrected chi connectivity index (χ3v) is 6.03. The Bertz CT molecular complexity index is 1110. The molecule has 5 heteroatoms. The van der Waals surface area contributed by atoms with E-state index in [4.69, 9.17) is 11.2 Å². The van der Waals surface area contributed by atoms with Gasteiger partial charge in [0.15, 0.2) is 10.7 Å². The molecule has 0 aliphatic heterocycles. The lowest BCUT2D eigenvalue weighted by atomic mass is 9.97. The van der Waals surface area contributed by atoms with Crippen molar-refractivity contribution in [3.8, 4) is 18.1 Å². The largest absolute Gasteiger partial charge is 0.612 e. The van der Waals surface area contributed by atoms with Crippen molar-refractivity contribution in [1.82, 2.24) is 0 Å². The molecule has 164 valence electrons. The Balaban J connectivity index is 1.89. The summed E-state index contributed by atoms with van der Waals surface area (Å²) >= 11 is -1.05. The highest BCUT2D eigenvalue weighted by Crippen LogP contribution is 2.27. The Kier molecular flexibility index (Phi) is 7.99. The molecular formula is C27H27NO3S. The molecule has 3 aromatic carbocycles. The molecule has 0 saturated carbocycles. The van der Waals surface area contributed by atoms with Crippen molar-refractivity contribution in [3.63, 3.8) is 0 Å². The number of anilines is 1. The van der Waals surface area contributed by atoms with Gasteiger partial charge < -0.3 is 14.6 Å². The van der Waals surface area contributed by atoms with Crippen LogP contribution < -0.4 is 10.1 Å². The standard InChI is InChI=1S/C27H27NO3S/c1-5-15-31-23-13-14-26(28-18-20-7-6-8-24(16-20)32(4)30)25(17-23)27(29)22-11-9-21(10-12-22)19(2)3/h1,6-14,16-17,19,28H,15,18H2,2-4H3. The van der Waals surface area contributed by atoms with Crippen molar-refractivity contribution >= 4 is 22.6 Å². The summed E-state index contributed by atoms with van der Waals surface area (Å²) in [5.74, 6) is 3.28. The summed E-state index contributed by atoms with van der Waals surface area (Å²) in [6.45, 7) is 4.86. The second-order valence-corrected chi connectivity index (χ2v) is 9.14. The van der Waals surface area contributed by atoms with Gasteiger partial charge in [-0.2, -0.15) is 0 Å². The molecule has 0 aromatic heterocycles. The van der Waals surface area contributed by atoms with E-state index < -0.39 is 11.2 Å². The zero-order valence-electron chi connectivity index (χ0n) is 18.6. The molecule has 1 N–H and O–H groups in total. The van der Waals surface area contributed by atoms with Crippen LogP contribution in [0.15, 0.2) is 71.6 Å². The summed E-state index contributed by atoms with van der Waals surface area (Å²) < 4.78 is 17.3. The first-order valence-electron chi connectivity index (χ1n) is 10.4. The molecule has 0 radical (unpaired) electrons. The van der Waals surface area contributed by atoms with Gasteiger partial charge >= 0.3 is 0 Å². The van der Waals surface area contributed by atoms with E-state index in [0.29, 0.717) is 35.0 Å². The highest BCUT2D eigenvalue weighted by molar-refractivity contribution is 7.90. The molecule has 3 rings (SSSR count). The quantitative estimate of drug-likeness (QED) is 0.272. The fourth-order valence-corrected chi connectivity index (χ4v) is 3.87. The van der Waals surface area contributed by atoms with Crippen LogP contribution in [0.4, 0.5) is 5.69 Å². The zero-order valence-corrected chi connectivity index (χ0v) is 19.4. The van der Waals surface area contributed by atoms with Crippen LogP contribution in [-0.4, -0.2) is 23.2 Å². The molecule has 0 aliphatic rings. The SMILES string of the molecule is C#CCOc1ccc(NCc2cccc([S+](C)[O-])c2)c(C(=O)c2ccc(C(C)C)cc2)c1. The molecule has 1 atom stereocenters. The van der Waals surface area contributed by atoms with Gasteiger partial charge in [-0.05, 0) is 58.6 Å². The third kappa shape index (κ3) is 5.94. The van der Waals surface area contributed by atoms with Gasteiger partial charge in [-0.3, -0.25) is 4.79 Å². The topological polar surface area (TPSA) is 61.4 Å². The van der Waals surface area contributed by atoms with Gasteiger partial charge in [0.25, 0.3) is 0 Å². The summed E-state index contributed by atoms with van der Waals surface area (Å²) in [6.07, 6.45) is 6.96. The summed E-state index contributed by atoms with van der Waals surface area (Å²) in [4.78, 5) is 14.1. The highest BCUT2D eigenvalue weighted by Gasteiger charge is 2.16. The number of ether oxygens (including phenoxy) is 1. The van der Waals surface area contributed by atoms with Crippen molar-refractivity contribution < 1.29 is 14.1 Å². The predicted molar refractivity (Wildman–Crippen MR) is 131 cm³/mol. The fourth-order valence-electron chi connectivity index (χ4n) is 3.29. The smallest absolute Gasteiger partial charge is 0.195 e. The van der Waals surface area contributed by atoms with Gasteiger partial charge in [-0.25, -0.2) is 0 Å². The van der Waals surface area contributed by atoms with E-state index in [1.165, 1.54) is 5.56 Å². The van der Waals surface area contributed by atoms with Crippen molar-refractivity contribution in [3.05, 3.63) is 89.0 Å². The first-order valence-corrected chi connectivity index (χ1v) is 12.0. The molecule has 1 unspecified atom stereocenters. The molecular weight excluding hydrogens is 418 g/mol. The summed E-state index contributed by atoms with van der Waals surface area (Å²) in [7, 11) is 0. The van der Waals surface area contributed by atoms with E-state index in [9.17, 15) is 9.35 Å². The number of benzene rings is 3. The van der Waals surface area contributed by atoms with Crippen molar-refractivity contribution in [2.45, 2.75) is 31.2 Å². The van der Waals surface area contributed by atoms with Crippen molar-refractivity contribution in [2.24, 2.45) is 0 Å². The van der Waals surface area contributed by atoms with Crippen LogP contribution in [0.2, 0.25) is 0 Å². The minimum atomic E-state index is -1.05. The van der Waals surface area contributed by atoms with Gasteiger partial charge in [-0.15, -0.1) is 6.42 Å². The molecule has 3 aromatic rings. The zero-order chi connectivity index (χ0) is 23.1. The van der Waals surface area contributed by atoms with E-state index in [1.54, 1.807) is 18.4 Å². The van der Waals surface area contributed by atoms with E-state index in [0.717, 1.165) is 10.5 Å². The second kappa shape index (κ2) is 10.9. The van der Waals surface area contributed by atoms with E-state index >= 15 is 0 Å². The fraction of sp³-hybridized carbons (Fsp3) is 0.222. The van der Waals surface area contributed by atoms with Crippen molar-refractivity contribution in [1.29, 1.82) is 0 Å². The maximum atomic E-state index is 13.4. The number of ketones is 1. The van der Waals surface area contributed by atoms with Gasteiger partial charge in [0.05, 0.1) is 0 Å². The molecule has 0 bridgehead atoms. The normalized spacial score (nSPS) is 11.6. The van der Waals surface area contributed by atoms with E-state index in [1.807, 2.05) is 54.6 Å². The molecule has 0 amide bonds. The Morgan fingerprint density at radius 2 is 1.88 bits per heavy atom. The van der Waals surface area contributed by atoms with Gasteiger partial charge in [-0.1, -0.05) is 56.2 Å². The lowest BCUT2D eigenvalue weighted by Crippen LogP contribution is -2.09. The molecule has 0 fully saturated rings. The van der Waals surface area contributed by atoms with Crippen LogP contribution in [0, 0.1) is 12.3 Å². The number of carbonyl (C=O) groups excluding carboxylic acids is 1. The lowest BCUT2D eigenvalue weighted by Gasteiger charge is -2.14. The maximum Gasteiger partial charge on any atom is 0.195 e. The Labute approximate surface area is 193 Å². The number of hydrogen-bond acceptors (Lipinski definition) is 4. The monoisotopic (exact) mass is 445 g/mol. The first kappa shape index (κ1) is 23.5. The van der Waals surface area contributed by atoms with Crippen LogP contribution in [0.25, 0.3) is 0 Å². The van der Waals surface area contributed by atoms with Crippen LogP contribution in [-0.2, 0) is 17.7 Å². The highest BCUT2D eigenvalue weighted by atomic mass is 32.2. The number of rotatable bonds is 9. The van der Waals surface area contributed by atoms with Crippen LogP contribution in [0.1, 0.15) is 46.8 Å². The van der Waals surface area contributed by atoms with Crippen molar-refractivity contribution in [2.75, 3.05) is 18.2 Å².